The number of ketones is 1. The van der Waals surface area contributed by atoms with E-state index in [1.165, 1.54) is 11.8 Å². The average molecular weight is 494 g/mol. The van der Waals surface area contributed by atoms with Crippen LogP contribution in [0.25, 0.3) is 0 Å². The van der Waals surface area contributed by atoms with Gasteiger partial charge in [0.25, 0.3) is 0 Å². The maximum absolute atomic E-state index is 13.4. The molecule has 0 saturated heterocycles. The van der Waals surface area contributed by atoms with Crippen LogP contribution < -0.4 is 5.73 Å². The van der Waals surface area contributed by atoms with Crippen molar-refractivity contribution in [3.05, 3.63) is 12.7 Å². The molecule has 0 amide bonds. The highest BCUT2D eigenvalue weighted by atomic mass is 32.2. The van der Waals surface area contributed by atoms with E-state index in [1.54, 1.807) is 0 Å². The summed E-state index contributed by atoms with van der Waals surface area (Å²) in [5, 5.41) is 21.7. The molecule has 4 N–H and O–H groups in total. The Hall–Kier alpha value is -0.890. The molecule has 7 heteroatoms. The van der Waals surface area contributed by atoms with Gasteiger partial charge in [0, 0.05) is 34.5 Å². The van der Waals surface area contributed by atoms with Gasteiger partial charge in [-0.2, -0.15) is 0 Å². The third-order valence-electron chi connectivity index (χ3n) is 10.5. The molecular formula is C27H43NO5S. The Morgan fingerprint density at radius 1 is 1.26 bits per heavy atom. The molecule has 0 aromatic heterocycles. The zero-order chi connectivity index (χ0) is 25.1. The van der Waals surface area contributed by atoms with Crippen molar-refractivity contribution < 1.29 is 24.5 Å². The number of hydrogen-bond acceptors (Lipinski definition) is 7. The number of carbonyl (C=O) groups is 2. The fourth-order valence-corrected chi connectivity index (χ4v) is 9.20. The molecule has 2 bridgehead atoms. The fourth-order valence-electron chi connectivity index (χ4n) is 8.06. The second kappa shape index (κ2) is 9.20. The van der Waals surface area contributed by atoms with Crippen LogP contribution >= 0.6 is 11.8 Å². The Morgan fingerprint density at radius 2 is 1.97 bits per heavy atom. The van der Waals surface area contributed by atoms with E-state index < -0.39 is 29.1 Å². The van der Waals surface area contributed by atoms with Gasteiger partial charge in [0.1, 0.15) is 11.9 Å². The van der Waals surface area contributed by atoms with Crippen LogP contribution in [-0.4, -0.2) is 57.3 Å². The minimum Gasteiger partial charge on any atom is -0.461 e. The highest BCUT2D eigenvalue weighted by Crippen LogP contribution is 2.68. The van der Waals surface area contributed by atoms with Crippen molar-refractivity contribution in [1.82, 2.24) is 0 Å². The van der Waals surface area contributed by atoms with Crippen LogP contribution in [0.15, 0.2) is 12.7 Å². The lowest BCUT2D eigenvalue weighted by Gasteiger charge is -2.61. The summed E-state index contributed by atoms with van der Waals surface area (Å²) < 4.78 is 6.26. The predicted octanol–water partition coefficient (Wildman–Crippen LogP) is 3.48. The third kappa shape index (κ3) is 3.99. The summed E-state index contributed by atoms with van der Waals surface area (Å²) >= 11 is 1.41. The highest BCUT2D eigenvalue weighted by Gasteiger charge is 2.68. The summed E-state index contributed by atoms with van der Waals surface area (Å²) in [6.07, 6.45) is 5.05. The first kappa shape index (κ1) is 26.2. The first-order valence-corrected chi connectivity index (χ1v) is 14.0. The first-order valence-electron chi connectivity index (χ1n) is 13.0. The molecule has 192 valence electrons. The number of rotatable bonds is 5. The standard InChI is InChI=1S/C27H43NO5S/c1-6-25(4)13-21(33-22(31)14-34-20-12-17(28)11-19(20)30)26(5)15(2)7-9-27(16(3)24(25)32)10-8-18(29)23(26)27/h6,15-17,19-21,23-24,30,32H,1,7-14,28H2,2-5H3/t15?,16-,17+,19-,20-,21+,23-,24?,25+,26-,27?/m0/s1. The van der Waals surface area contributed by atoms with E-state index in [0.29, 0.717) is 25.7 Å². The summed E-state index contributed by atoms with van der Waals surface area (Å²) in [6.45, 7) is 12.5. The lowest BCUT2D eigenvalue weighted by molar-refractivity contribution is -0.205. The zero-order valence-corrected chi connectivity index (χ0v) is 22.0. The van der Waals surface area contributed by atoms with Crippen molar-refractivity contribution in [1.29, 1.82) is 0 Å². The number of ether oxygens (including phenoxy) is 1. The molecule has 4 rings (SSSR count). The van der Waals surface area contributed by atoms with Crippen LogP contribution in [0, 0.1) is 34.0 Å². The molecule has 11 atom stereocenters. The number of thioether (sulfide) groups is 1. The van der Waals surface area contributed by atoms with Gasteiger partial charge in [-0.05, 0) is 55.8 Å². The Labute approximate surface area is 208 Å². The van der Waals surface area contributed by atoms with Gasteiger partial charge in [-0.25, -0.2) is 0 Å². The molecule has 34 heavy (non-hydrogen) atoms. The van der Waals surface area contributed by atoms with Crippen molar-refractivity contribution in [2.45, 2.75) is 102 Å². The van der Waals surface area contributed by atoms with E-state index in [1.807, 2.05) is 13.0 Å². The fraction of sp³-hybridized carbons (Fsp3) is 0.852. The molecule has 4 aliphatic rings. The quantitative estimate of drug-likeness (QED) is 0.397. The molecule has 4 saturated carbocycles. The second-order valence-corrected chi connectivity index (χ2v) is 13.4. The van der Waals surface area contributed by atoms with E-state index in [2.05, 4.69) is 27.4 Å². The maximum Gasteiger partial charge on any atom is 0.316 e. The van der Waals surface area contributed by atoms with Gasteiger partial charge >= 0.3 is 5.97 Å². The summed E-state index contributed by atoms with van der Waals surface area (Å²) in [5.74, 6) is 0.0235. The SMILES string of the molecule is C=C[C@]1(C)C[C@@H](OC(=O)CS[C@H]2C[C@H](N)C[C@@H]2O)[C@]2(C)C(C)CCC3(CCC(=O)[C@H]32)[C@@H](C)C1O. The van der Waals surface area contributed by atoms with E-state index >= 15 is 0 Å². The van der Waals surface area contributed by atoms with Crippen molar-refractivity contribution in [3.63, 3.8) is 0 Å². The average Bonchev–Trinajstić information content (AvgIpc) is 3.31. The van der Waals surface area contributed by atoms with Crippen LogP contribution in [0.4, 0.5) is 0 Å². The van der Waals surface area contributed by atoms with Crippen LogP contribution in [0.1, 0.15) is 72.6 Å². The summed E-state index contributed by atoms with van der Waals surface area (Å²) in [6, 6.07) is -0.0330. The molecule has 0 aromatic carbocycles. The molecule has 6 nitrogen and oxygen atoms in total. The third-order valence-corrected chi connectivity index (χ3v) is 11.8. The van der Waals surface area contributed by atoms with Crippen LogP contribution in [0.3, 0.4) is 0 Å². The van der Waals surface area contributed by atoms with Crippen molar-refractivity contribution in [2.24, 2.45) is 39.7 Å². The monoisotopic (exact) mass is 493 g/mol. The largest absolute Gasteiger partial charge is 0.461 e. The molecule has 0 heterocycles. The topological polar surface area (TPSA) is 110 Å². The van der Waals surface area contributed by atoms with Crippen LogP contribution in [-0.2, 0) is 14.3 Å². The van der Waals surface area contributed by atoms with Gasteiger partial charge in [0.2, 0.25) is 0 Å². The predicted molar refractivity (Wildman–Crippen MR) is 134 cm³/mol. The minimum atomic E-state index is -0.665. The number of hydrogen-bond donors (Lipinski definition) is 3. The number of nitrogens with two attached hydrogens (primary N) is 1. The summed E-state index contributed by atoms with van der Waals surface area (Å²) in [4.78, 5) is 26.6. The van der Waals surface area contributed by atoms with Gasteiger partial charge in [0.15, 0.2) is 0 Å². The summed E-state index contributed by atoms with van der Waals surface area (Å²) in [5.41, 5.74) is 4.57. The number of aliphatic hydroxyl groups excluding tert-OH is 2. The molecule has 4 aliphatic carbocycles. The molecular weight excluding hydrogens is 450 g/mol. The molecule has 0 radical (unpaired) electrons. The number of esters is 1. The Kier molecular flexibility index (Phi) is 7.09. The molecule has 0 spiro atoms. The van der Waals surface area contributed by atoms with E-state index in [4.69, 9.17) is 10.5 Å². The van der Waals surface area contributed by atoms with Gasteiger partial charge in [-0.1, -0.05) is 33.8 Å². The first-order chi connectivity index (χ1) is 15.9. The van der Waals surface area contributed by atoms with Gasteiger partial charge in [0.05, 0.1) is 18.0 Å². The lowest BCUT2D eigenvalue weighted by atomic mass is 9.44. The molecule has 0 aliphatic heterocycles. The Morgan fingerprint density at radius 3 is 2.59 bits per heavy atom. The molecule has 3 unspecified atom stereocenters. The van der Waals surface area contributed by atoms with Gasteiger partial charge < -0.3 is 20.7 Å². The van der Waals surface area contributed by atoms with E-state index in [-0.39, 0.29) is 52.0 Å². The summed E-state index contributed by atoms with van der Waals surface area (Å²) in [7, 11) is 0. The number of aliphatic hydroxyl groups is 2. The van der Waals surface area contributed by atoms with E-state index in [9.17, 15) is 19.8 Å². The smallest absolute Gasteiger partial charge is 0.316 e. The Balaban J connectivity index is 1.65. The zero-order valence-electron chi connectivity index (χ0n) is 21.2. The normalized spacial score (nSPS) is 50.9. The van der Waals surface area contributed by atoms with Gasteiger partial charge in [-0.3, -0.25) is 9.59 Å². The van der Waals surface area contributed by atoms with Crippen LogP contribution in [0.5, 0.6) is 0 Å². The maximum atomic E-state index is 13.4. The minimum absolute atomic E-state index is 0.0330. The van der Waals surface area contributed by atoms with Crippen LogP contribution in [0.2, 0.25) is 0 Å². The van der Waals surface area contributed by atoms with Gasteiger partial charge in [-0.15, -0.1) is 18.3 Å². The molecule has 4 fully saturated rings. The Bertz CT molecular complexity index is 836. The second-order valence-electron chi connectivity index (χ2n) is 12.2. The lowest BCUT2D eigenvalue weighted by Crippen LogP contribution is -2.63. The highest BCUT2D eigenvalue weighted by molar-refractivity contribution is 8.00. The van der Waals surface area contributed by atoms with E-state index in [0.717, 1.165) is 19.3 Å². The van der Waals surface area contributed by atoms with Crippen molar-refractivity contribution in [3.8, 4) is 0 Å². The van der Waals surface area contributed by atoms with Crippen molar-refractivity contribution in [2.75, 3.05) is 5.75 Å². The van der Waals surface area contributed by atoms with Crippen molar-refractivity contribution >= 4 is 23.5 Å². The number of Topliss-reactive ketones (excluding diaryl/α,β-unsaturated/α-hetero) is 1. The number of carbonyl (C=O) groups excluding carboxylic acids is 2. The molecule has 0 aromatic rings.